The number of nitrogens with zero attached hydrogens (tertiary/aromatic N) is 3. The maximum Gasteiger partial charge on any atom is 0.0827 e. The minimum atomic E-state index is 0.570. The van der Waals surface area contributed by atoms with Crippen molar-refractivity contribution in [3.8, 4) is 0 Å². The molecule has 0 aliphatic heterocycles. The Morgan fingerprint density at radius 1 is 1.26 bits per heavy atom. The minimum Gasteiger partial charge on any atom is -0.248 e. The van der Waals surface area contributed by atoms with Crippen molar-refractivity contribution in [1.82, 2.24) is 15.0 Å². The molecular weight excluding hydrogens is 254 g/mol. The molecule has 1 aromatic heterocycles. The van der Waals surface area contributed by atoms with Gasteiger partial charge in [-0.15, -0.1) is 5.10 Å². The van der Waals surface area contributed by atoms with E-state index in [2.05, 4.69) is 34.4 Å². The highest BCUT2D eigenvalue weighted by Gasteiger charge is 2.26. The predicted molar refractivity (Wildman–Crippen MR) is 82.7 cm³/mol. The average Bonchev–Trinajstić information content (AvgIpc) is 2.92. The van der Waals surface area contributed by atoms with E-state index in [1.807, 2.05) is 11.8 Å². The molecular formula is C15H27N3S. The Morgan fingerprint density at radius 3 is 2.89 bits per heavy atom. The molecule has 19 heavy (non-hydrogen) atoms. The van der Waals surface area contributed by atoms with Gasteiger partial charge in [0.15, 0.2) is 0 Å². The average molecular weight is 281 g/mol. The van der Waals surface area contributed by atoms with Crippen molar-refractivity contribution in [3.05, 3.63) is 11.9 Å². The summed E-state index contributed by atoms with van der Waals surface area (Å²) < 4.78 is 2.15. The van der Waals surface area contributed by atoms with Crippen LogP contribution in [-0.4, -0.2) is 26.5 Å². The number of unbranched alkanes of at least 4 members (excludes halogenated alkanes) is 3. The zero-order valence-electron chi connectivity index (χ0n) is 12.3. The van der Waals surface area contributed by atoms with E-state index in [-0.39, 0.29) is 0 Å². The highest BCUT2D eigenvalue weighted by molar-refractivity contribution is 7.99. The Balaban J connectivity index is 1.88. The van der Waals surface area contributed by atoms with Crippen molar-refractivity contribution in [1.29, 1.82) is 0 Å². The van der Waals surface area contributed by atoms with Crippen LogP contribution in [0.4, 0.5) is 0 Å². The Bertz CT molecular complexity index is 364. The standard InChI is InChI=1S/C15H27N3S/c1-3-4-5-6-9-13-12-18(17-16-13)14-10-7-8-11-15(14)19-2/h12,14-15H,3-11H2,1-2H3/t14?,15-/m1/s1. The minimum absolute atomic E-state index is 0.570. The summed E-state index contributed by atoms with van der Waals surface area (Å²) in [5.74, 6) is 0. The molecule has 1 aliphatic carbocycles. The molecule has 4 heteroatoms. The smallest absolute Gasteiger partial charge is 0.0827 e. The van der Waals surface area contributed by atoms with Crippen molar-refractivity contribution in [2.24, 2.45) is 0 Å². The van der Waals surface area contributed by atoms with Crippen LogP contribution >= 0.6 is 11.8 Å². The van der Waals surface area contributed by atoms with E-state index in [9.17, 15) is 0 Å². The van der Waals surface area contributed by atoms with E-state index in [0.29, 0.717) is 6.04 Å². The maximum absolute atomic E-state index is 4.39. The summed E-state index contributed by atoms with van der Waals surface area (Å²) in [4.78, 5) is 0. The van der Waals surface area contributed by atoms with Crippen molar-refractivity contribution >= 4 is 11.8 Å². The molecule has 1 heterocycles. The van der Waals surface area contributed by atoms with Crippen LogP contribution in [0.2, 0.25) is 0 Å². The van der Waals surface area contributed by atoms with Gasteiger partial charge in [-0.3, -0.25) is 0 Å². The van der Waals surface area contributed by atoms with Gasteiger partial charge in [-0.1, -0.05) is 44.2 Å². The maximum atomic E-state index is 4.39. The van der Waals surface area contributed by atoms with Gasteiger partial charge in [-0.05, 0) is 31.9 Å². The second-order valence-corrected chi connectivity index (χ2v) is 6.70. The highest BCUT2D eigenvalue weighted by Crippen LogP contribution is 2.35. The third-order valence-electron chi connectivity index (χ3n) is 4.15. The van der Waals surface area contributed by atoms with Crippen LogP contribution in [0.5, 0.6) is 0 Å². The lowest BCUT2D eigenvalue weighted by molar-refractivity contribution is 0.334. The highest BCUT2D eigenvalue weighted by atomic mass is 32.2. The fraction of sp³-hybridized carbons (Fsp3) is 0.867. The van der Waals surface area contributed by atoms with Crippen LogP contribution in [0.25, 0.3) is 0 Å². The summed E-state index contributed by atoms with van der Waals surface area (Å²) >= 11 is 1.99. The fourth-order valence-corrected chi connectivity index (χ4v) is 3.96. The van der Waals surface area contributed by atoms with Gasteiger partial charge in [-0.2, -0.15) is 11.8 Å². The van der Waals surface area contributed by atoms with Crippen LogP contribution in [0, 0.1) is 0 Å². The van der Waals surface area contributed by atoms with Crippen molar-refractivity contribution in [3.63, 3.8) is 0 Å². The van der Waals surface area contributed by atoms with Gasteiger partial charge in [0.05, 0.1) is 11.7 Å². The lowest BCUT2D eigenvalue weighted by Crippen LogP contribution is -2.25. The molecule has 0 radical (unpaired) electrons. The molecule has 0 aromatic carbocycles. The number of thioether (sulfide) groups is 1. The summed E-state index contributed by atoms with van der Waals surface area (Å²) in [5.41, 5.74) is 1.18. The SMILES string of the molecule is CCCCCCc1cn(C2CCCC[C@H]2SC)nn1. The molecule has 1 aliphatic rings. The lowest BCUT2D eigenvalue weighted by Gasteiger charge is -2.29. The van der Waals surface area contributed by atoms with Gasteiger partial charge >= 0.3 is 0 Å². The Labute approximate surface area is 121 Å². The van der Waals surface area contributed by atoms with Crippen molar-refractivity contribution in [2.75, 3.05) is 6.26 Å². The molecule has 108 valence electrons. The molecule has 2 rings (SSSR count). The molecule has 1 saturated carbocycles. The second kappa shape index (κ2) is 7.93. The topological polar surface area (TPSA) is 30.7 Å². The van der Waals surface area contributed by atoms with E-state index >= 15 is 0 Å². The van der Waals surface area contributed by atoms with E-state index in [4.69, 9.17) is 0 Å². The third-order valence-corrected chi connectivity index (χ3v) is 5.31. The number of aryl methyl sites for hydroxylation is 1. The largest absolute Gasteiger partial charge is 0.248 e. The zero-order valence-corrected chi connectivity index (χ0v) is 13.2. The molecule has 0 spiro atoms. The Hall–Kier alpha value is -0.510. The molecule has 2 atom stereocenters. The number of rotatable bonds is 7. The van der Waals surface area contributed by atoms with Gasteiger partial charge in [0.1, 0.15) is 0 Å². The van der Waals surface area contributed by atoms with Crippen LogP contribution < -0.4 is 0 Å². The number of aromatic nitrogens is 3. The van der Waals surface area contributed by atoms with E-state index < -0.39 is 0 Å². The summed E-state index contributed by atoms with van der Waals surface area (Å²) in [6, 6.07) is 0.570. The van der Waals surface area contributed by atoms with Gasteiger partial charge in [0, 0.05) is 11.4 Å². The van der Waals surface area contributed by atoms with Crippen LogP contribution in [-0.2, 0) is 6.42 Å². The monoisotopic (exact) mass is 281 g/mol. The van der Waals surface area contributed by atoms with E-state index in [0.717, 1.165) is 11.7 Å². The predicted octanol–water partition coefficient (Wildman–Crippen LogP) is 4.25. The first-order valence-corrected chi connectivity index (χ1v) is 9.07. The summed E-state index contributed by atoms with van der Waals surface area (Å²) in [6.45, 7) is 2.25. The Morgan fingerprint density at radius 2 is 2.11 bits per heavy atom. The number of hydrogen-bond acceptors (Lipinski definition) is 3. The number of hydrogen-bond donors (Lipinski definition) is 0. The molecule has 3 nitrogen and oxygen atoms in total. The molecule has 0 N–H and O–H groups in total. The molecule has 0 saturated heterocycles. The first-order chi connectivity index (χ1) is 9.35. The van der Waals surface area contributed by atoms with Gasteiger partial charge in [-0.25, -0.2) is 4.68 Å². The molecule has 0 amide bonds. The second-order valence-electron chi connectivity index (χ2n) is 5.63. The quantitative estimate of drug-likeness (QED) is 0.700. The molecule has 1 aromatic rings. The molecule has 0 bridgehead atoms. The summed E-state index contributed by atoms with van der Waals surface area (Å²) in [7, 11) is 0. The van der Waals surface area contributed by atoms with Crippen LogP contribution in [0.15, 0.2) is 6.20 Å². The fourth-order valence-electron chi connectivity index (χ4n) is 2.98. The zero-order chi connectivity index (χ0) is 13.5. The van der Waals surface area contributed by atoms with Crippen LogP contribution in [0.1, 0.15) is 70.0 Å². The van der Waals surface area contributed by atoms with Gasteiger partial charge in [0.2, 0.25) is 0 Å². The lowest BCUT2D eigenvalue weighted by atomic mass is 9.95. The summed E-state index contributed by atoms with van der Waals surface area (Å²) in [6.07, 6.45) is 16.0. The van der Waals surface area contributed by atoms with Crippen LogP contribution in [0.3, 0.4) is 0 Å². The third kappa shape index (κ3) is 4.23. The molecule has 1 unspecified atom stereocenters. The first kappa shape index (κ1) is 14.9. The summed E-state index contributed by atoms with van der Waals surface area (Å²) in [5, 5.41) is 9.48. The van der Waals surface area contributed by atoms with Crippen molar-refractivity contribution in [2.45, 2.75) is 76.0 Å². The van der Waals surface area contributed by atoms with Crippen molar-refractivity contribution < 1.29 is 0 Å². The van der Waals surface area contributed by atoms with Gasteiger partial charge in [0.25, 0.3) is 0 Å². The first-order valence-electron chi connectivity index (χ1n) is 7.78. The van der Waals surface area contributed by atoms with E-state index in [1.165, 1.54) is 57.1 Å². The Kier molecular flexibility index (Phi) is 6.21. The molecule has 1 fully saturated rings. The normalized spacial score (nSPS) is 23.7. The van der Waals surface area contributed by atoms with E-state index in [1.54, 1.807) is 0 Å². The van der Waals surface area contributed by atoms with Gasteiger partial charge < -0.3 is 0 Å².